The van der Waals surface area contributed by atoms with Crippen molar-refractivity contribution in [3.63, 3.8) is 0 Å². The molecule has 0 atom stereocenters. The maximum Gasteiger partial charge on any atom is 0.254 e. The molecule has 3 aromatic rings. The molecule has 1 aliphatic rings. The van der Waals surface area contributed by atoms with E-state index in [1.165, 1.54) is 10.3 Å². The lowest BCUT2D eigenvalue weighted by atomic mass is 10.0. The van der Waals surface area contributed by atoms with Crippen LogP contribution in [0.2, 0.25) is 0 Å². The van der Waals surface area contributed by atoms with Crippen LogP contribution < -0.4 is 9.64 Å². The van der Waals surface area contributed by atoms with Crippen molar-refractivity contribution in [2.24, 2.45) is 0 Å². The predicted molar refractivity (Wildman–Crippen MR) is 115 cm³/mol. The number of rotatable bonds is 3. The smallest absolute Gasteiger partial charge is 0.254 e. The molecular formula is C22H25N3O2S. The van der Waals surface area contributed by atoms with Gasteiger partial charge in [0.2, 0.25) is 0 Å². The number of hydrogen-bond acceptors (Lipinski definition) is 5. The standard InChI is InChI=1S/C22H25N3O2S/c1-14-5-6-15(2)17(13-14)21(26)24-9-11-25(12-10-24)22-23-19-18(27-4)8-7-16(3)20(19)28-22/h5-8,13H,9-12H2,1-4H3. The Hall–Kier alpha value is -2.60. The average Bonchev–Trinajstić information content (AvgIpc) is 3.16. The third kappa shape index (κ3) is 3.33. The zero-order valence-electron chi connectivity index (χ0n) is 16.8. The Morgan fingerprint density at radius 1 is 1.04 bits per heavy atom. The fraction of sp³-hybridized carbons (Fsp3) is 0.364. The summed E-state index contributed by atoms with van der Waals surface area (Å²) in [6, 6.07) is 10.1. The normalized spacial score (nSPS) is 14.6. The van der Waals surface area contributed by atoms with E-state index >= 15 is 0 Å². The minimum atomic E-state index is 0.127. The largest absolute Gasteiger partial charge is 0.494 e. The first-order valence-corrected chi connectivity index (χ1v) is 10.3. The molecule has 0 saturated carbocycles. The molecular weight excluding hydrogens is 370 g/mol. The number of benzene rings is 2. The number of fused-ring (bicyclic) bond motifs is 1. The molecule has 1 fully saturated rings. The summed E-state index contributed by atoms with van der Waals surface area (Å²) >= 11 is 1.70. The molecule has 0 aliphatic carbocycles. The highest BCUT2D eigenvalue weighted by Gasteiger charge is 2.25. The molecule has 0 radical (unpaired) electrons. The van der Waals surface area contributed by atoms with E-state index < -0.39 is 0 Å². The second-order valence-electron chi connectivity index (χ2n) is 7.36. The van der Waals surface area contributed by atoms with Crippen molar-refractivity contribution in [1.29, 1.82) is 0 Å². The molecule has 1 saturated heterocycles. The van der Waals surface area contributed by atoms with Gasteiger partial charge in [-0.3, -0.25) is 4.79 Å². The fourth-order valence-corrected chi connectivity index (χ4v) is 4.74. The van der Waals surface area contributed by atoms with Gasteiger partial charge in [0.25, 0.3) is 5.91 Å². The Balaban J connectivity index is 1.51. The number of carbonyl (C=O) groups excluding carboxylic acids is 1. The lowest BCUT2D eigenvalue weighted by Crippen LogP contribution is -2.48. The van der Waals surface area contributed by atoms with Crippen LogP contribution in [0.4, 0.5) is 5.13 Å². The number of hydrogen-bond donors (Lipinski definition) is 0. The van der Waals surface area contributed by atoms with Crippen molar-refractivity contribution in [3.8, 4) is 5.75 Å². The highest BCUT2D eigenvalue weighted by molar-refractivity contribution is 7.22. The Labute approximate surface area is 169 Å². The fourth-order valence-electron chi connectivity index (χ4n) is 3.64. The Morgan fingerprint density at radius 2 is 1.75 bits per heavy atom. The van der Waals surface area contributed by atoms with E-state index in [1.54, 1.807) is 18.4 Å². The summed E-state index contributed by atoms with van der Waals surface area (Å²) in [5.74, 6) is 0.939. The van der Waals surface area contributed by atoms with Crippen molar-refractivity contribution < 1.29 is 9.53 Å². The highest BCUT2D eigenvalue weighted by atomic mass is 32.1. The van der Waals surface area contributed by atoms with E-state index in [0.29, 0.717) is 13.1 Å². The van der Waals surface area contributed by atoms with Gasteiger partial charge in [-0.25, -0.2) is 4.98 Å². The molecule has 1 amide bonds. The first kappa shape index (κ1) is 18.7. The van der Waals surface area contributed by atoms with Crippen LogP contribution in [0.5, 0.6) is 5.75 Å². The van der Waals surface area contributed by atoms with Crippen LogP contribution in [0.15, 0.2) is 30.3 Å². The van der Waals surface area contributed by atoms with Gasteiger partial charge in [-0.2, -0.15) is 0 Å². The predicted octanol–water partition coefficient (Wildman–Crippen LogP) is 4.19. The first-order valence-electron chi connectivity index (χ1n) is 9.53. The molecule has 1 aliphatic heterocycles. The van der Waals surface area contributed by atoms with Gasteiger partial charge in [0.05, 0.1) is 11.8 Å². The number of aryl methyl sites for hydroxylation is 3. The quantitative estimate of drug-likeness (QED) is 0.667. The number of nitrogens with zero attached hydrogens (tertiary/aromatic N) is 3. The Bertz CT molecular complexity index is 1040. The molecule has 4 rings (SSSR count). The summed E-state index contributed by atoms with van der Waals surface area (Å²) in [5, 5.41) is 1.00. The topological polar surface area (TPSA) is 45.7 Å². The number of carbonyl (C=O) groups is 1. The van der Waals surface area contributed by atoms with E-state index in [9.17, 15) is 4.79 Å². The number of thiazole rings is 1. The molecule has 0 unspecified atom stereocenters. The SMILES string of the molecule is COc1ccc(C)c2sc(N3CCN(C(=O)c4cc(C)ccc4C)CC3)nc12. The first-order chi connectivity index (χ1) is 13.5. The number of aromatic nitrogens is 1. The van der Waals surface area contributed by atoms with Crippen LogP contribution in [0.1, 0.15) is 27.0 Å². The van der Waals surface area contributed by atoms with Crippen molar-refractivity contribution in [2.45, 2.75) is 20.8 Å². The van der Waals surface area contributed by atoms with Gasteiger partial charge < -0.3 is 14.5 Å². The van der Waals surface area contributed by atoms with Crippen LogP contribution in [0.3, 0.4) is 0 Å². The average molecular weight is 396 g/mol. The van der Waals surface area contributed by atoms with Gasteiger partial charge in [0, 0.05) is 31.7 Å². The molecule has 6 heteroatoms. The van der Waals surface area contributed by atoms with E-state index in [-0.39, 0.29) is 5.91 Å². The molecule has 0 spiro atoms. The Kier molecular flexibility index (Phi) is 4.98. The van der Waals surface area contributed by atoms with Crippen LogP contribution in [-0.4, -0.2) is 49.1 Å². The van der Waals surface area contributed by atoms with Crippen LogP contribution in [0.25, 0.3) is 10.2 Å². The van der Waals surface area contributed by atoms with E-state index in [1.807, 2.05) is 43.0 Å². The van der Waals surface area contributed by atoms with Gasteiger partial charge in [0.1, 0.15) is 11.3 Å². The summed E-state index contributed by atoms with van der Waals surface area (Å²) in [6.45, 7) is 9.12. The van der Waals surface area contributed by atoms with Gasteiger partial charge in [-0.1, -0.05) is 35.1 Å². The van der Waals surface area contributed by atoms with E-state index in [4.69, 9.17) is 9.72 Å². The summed E-state index contributed by atoms with van der Waals surface area (Å²) in [5.41, 5.74) is 5.10. The highest BCUT2D eigenvalue weighted by Crippen LogP contribution is 2.36. The number of anilines is 1. The van der Waals surface area contributed by atoms with E-state index in [0.717, 1.165) is 46.2 Å². The lowest BCUT2D eigenvalue weighted by Gasteiger charge is -2.34. The van der Waals surface area contributed by atoms with Gasteiger partial charge in [-0.15, -0.1) is 0 Å². The number of piperazine rings is 1. The van der Waals surface area contributed by atoms with Gasteiger partial charge in [-0.05, 0) is 44.0 Å². The molecule has 2 heterocycles. The van der Waals surface area contributed by atoms with Crippen molar-refractivity contribution in [3.05, 3.63) is 52.6 Å². The number of amides is 1. The third-order valence-electron chi connectivity index (χ3n) is 5.37. The molecule has 0 N–H and O–H groups in total. The maximum absolute atomic E-state index is 13.0. The summed E-state index contributed by atoms with van der Waals surface area (Å²) in [4.78, 5) is 22.0. The second-order valence-corrected chi connectivity index (χ2v) is 8.33. The number of ether oxygens (including phenoxy) is 1. The zero-order chi connectivity index (χ0) is 19.8. The maximum atomic E-state index is 13.0. The van der Waals surface area contributed by atoms with Crippen molar-refractivity contribution >= 4 is 32.6 Å². The van der Waals surface area contributed by atoms with Crippen LogP contribution in [-0.2, 0) is 0 Å². The van der Waals surface area contributed by atoms with Crippen LogP contribution >= 0.6 is 11.3 Å². The lowest BCUT2D eigenvalue weighted by molar-refractivity contribution is 0.0746. The molecule has 1 aromatic heterocycles. The molecule has 2 aromatic carbocycles. The minimum Gasteiger partial charge on any atom is -0.494 e. The van der Waals surface area contributed by atoms with Crippen LogP contribution in [0, 0.1) is 20.8 Å². The van der Waals surface area contributed by atoms with Gasteiger partial charge >= 0.3 is 0 Å². The van der Waals surface area contributed by atoms with Gasteiger partial charge in [0.15, 0.2) is 5.13 Å². The van der Waals surface area contributed by atoms with Crippen molar-refractivity contribution in [1.82, 2.24) is 9.88 Å². The molecule has 28 heavy (non-hydrogen) atoms. The van der Waals surface area contributed by atoms with E-state index in [2.05, 4.69) is 17.9 Å². The molecule has 146 valence electrons. The zero-order valence-corrected chi connectivity index (χ0v) is 17.6. The summed E-state index contributed by atoms with van der Waals surface area (Å²) < 4.78 is 6.64. The Morgan fingerprint density at radius 3 is 2.46 bits per heavy atom. The number of methoxy groups -OCH3 is 1. The minimum absolute atomic E-state index is 0.127. The summed E-state index contributed by atoms with van der Waals surface area (Å²) in [7, 11) is 1.68. The molecule has 5 nitrogen and oxygen atoms in total. The summed E-state index contributed by atoms with van der Waals surface area (Å²) in [6.07, 6.45) is 0. The molecule has 0 bridgehead atoms. The second kappa shape index (κ2) is 7.43. The third-order valence-corrected chi connectivity index (χ3v) is 6.62. The van der Waals surface area contributed by atoms with Crippen molar-refractivity contribution in [2.75, 3.05) is 38.2 Å². The monoisotopic (exact) mass is 395 g/mol.